The molecular weight excluding hydrogens is 292 g/mol. The van der Waals surface area contributed by atoms with E-state index in [1.807, 2.05) is 31.2 Å². The number of aromatic nitrogens is 3. The number of furan rings is 1. The third kappa shape index (κ3) is 2.75. The highest BCUT2D eigenvalue weighted by molar-refractivity contribution is 5.91. The molecule has 1 saturated carbocycles. The zero-order valence-electron chi connectivity index (χ0n) is 12.7. The molecule has 0 saturated heterocycles. The van der Waals surface area contributed by atoms with Crippen LogP contribution in [0.25, 0.3) is 17.3 Å². The highest BCUT2D eigenvalue weighted by Crippen LogP contribution is 2.23. The molecule has 1 aromatic carbocycles. The second-order valence-corrected chi connectivity index (χ2v) is 5.73. The van der Waals surface area contributed by atoms with E-state index in [0.29, 0.717) is 11.6 Å². The Morgan fingerprint density at radius 1 is 1.26 bits per heavy atom. The number of carbonyl (C=O) groups excluding carboxylic acids is 1. The summed E-state index contributed by atoms with van der Waals surface area (Å²) < 4.78 is 7.08. The van der Waals surface area contributed by atoms with E-state index >= 15 is 0 Å². The van der Waals surface area contributed by atoms with Gasteiger partial charge in [0.2, 0.25) is 5.82 Å². The molecule has 1 aliphatic rings. The normalized spacial score (nSPS) is 14.0. The number of nitrogens with one attached hydrogen (secondary N) is 1. The Bertz CT molecular complexity index is 830. The second kappa shape index (κ2) is 5.39. The molecule has 23 heavy (non-hydrogen) atoms. The van der Waals surface area contributed by atoms with E-state index in [1.165, 1.54) is 0 Å². The van der Waals surface area contributed by atoms with Crippen molar-refractivity contribution in [2.24, 2.45) is 0 Å². The quantitative estimate of drug-likeness (QED) is 0.804. The summed E-state index contributed by atoms with van der Waals surface area (Å²) >= 11 is 0. The Labute approximate surface area is 133 Å². The van der Waals surface area contributed by atoms with Gasteiger partial charge in [0.25, 0.3) is 5.91 Å². The summed E-state index contributed by atoms with van der Waals surface area (Å²) in [6, 6.07) is 11.7. The number of hydrogen-bond acceptors (Lipinski definition) is 4. The number of rotatable bonds is 4. The Morgan fingerprint density at radius 3 is 2.70 bits per heavy atom. The SMILES string of the molecule is Cc1ccc(-n2nc(C(=O)NC3CC3)nc2-c2ccco2)cc1. The molecule has 2 aromatic heterocycles. The lowest BCUT2D eigenvalue weighted by Crippen LogP contribution is -2.26. The first-order chi connectivity index (χ1) is 11.2. The maximum absolute atomic E-state index is 12.2. The molecule has 6 heteroatoms. The van der Waals surface area contributed by atoms with Gasteiger partial charge >= 0.3 is 0 Å². The first-order valence-electron chi connectivity index (χ1n) is 7.59. The number of aryl methyl sites for hydroxylation is 1. The van der Waals surface area contributed by atoms with Crippen molar-refractivity contribution in [1.82, 2.24) is 20.1 Å². The zero-order valence-corrected chi connectivity index (χ0v) is 12.7. The van der Waals surface area contributed by atoms with Crippen molar-refractivity contribution in [2.75, 3.05) is 0 Å². The monoisotopic (exact) mass is 308 g/mol. The van der Waals surface area contributed by atoms with Gasteiger partial charge in [0.15, 0.2) is 11.6 Å². The lowest BCUT2D eigenvalue weighted by molar-refractivity contribution is 0.0941. The summed E-state index contributed by atoms with van der Waals surface area (Å²) in [6.45, 7) is 2.02. The van der Waals surface area contributed by atoms with Crippen molar-refractivity contribution >= 4 is 5.91 Å². The average Bonchev–Trinajstić information content (AvgIpc) is 3.05. The first-order valence-corrected chi connectivity index (χ1v) is 7.59. The molecule has 0 bridgehead atoms. The summed E-state index contributed by atoms with van der Waals surface area (Å²) in [5.74, 6) is 0.999. The highest BCUT2D eigenvalue weighted by Gasteiger charge is 2.27. The summed E-state index contributed by atoms with van der Waals surface area (Å²) in [5, 5.41) is 7.29. The van der Waals surface area contributed by atoms with Gasteiger partial charge in [-0.25, -0.2) is 4.68 Å². The van der Waals surface area contributed by atoms with Gasteiger partial charge in [0.05, 0.1) is 12.0 Å². The molecule has 6 nitrogen and oxygen atoms in total. The Kier molecular flexibility index (Phi) is 3.22. The van der Waals surface area contributed by atoms with E-state index in [2.05, 4.69) is 15.4 Å². The van der Waals surface area contributed by atoms with Gasteiger partial charge in [0.1, 0.15) is 0 Å². The molecule has 2 heterocycles. The van der Waals surface area contributed by atoms with Crippen molar-refractivity contribution in [1.29, 1.82) is 0 Å². The lowest BCUT2D eigenvalue weighted by atomic mass is 10.2. The largest absolute Gasteiger partial charge is 0.461 e. The van der Waals surface area contributed by atoms with Crippen LogP contribution in [-0.2, 0) is 0 Å². The molecule has 0 unspecified atom stereocenters. The maximum atomic E-state index is 12.2. The van der Waals surface area contributed by atoms with Crippen LogP contribution in [-0.4, -0.2) is 26.7 Å². The Morgan fingerprint density at radius 2 is 2.04 bits per heavy atom. The molecule has 0 atom stereocenters. The fourth-order valence-corrected chi connectivity index (χ4v) is 2.32. The van der Waals surface area contributed by atoms with Crippen LogP contribution in [0.1, 0.15) is 29.0 Å². The molecule has 0 aliphatic heterocycles. The smallest absolute Gasteiger partial charge is 0.291 e. The standard InChI is InChI=1S/C17H16N4O2/c1-11-4-8-13(9-5-11)21-16(14-3-2-10-23-14)19-15(20-21)17(22)18-12-6-7-12/h2-5,8-10,12H,6-7H2,1H3,(H,18,22). The topological polar surface area (TPSA) is 73.0 Å². The van der Waals surface area contributed by atoms with Crippen molar-refractivity contribution in [3.8, 4) is 17.3 Å². The number of hydrogen-bond donors (Lipinski definition) is 1. The molecule has 3 aromatic rings. The van der Waals surface area contributed by atoms with Gasteiger partial charge in [-0.2, -0.15) is 4.98 Å². The van der Waals surface area contributed by atoms with Gasteiger partial charge < -0.3 is 9.73 Å². The van der Waals surface area contributed by atoms with Gasteiger partial charge in [0, 0.05) is 6.04 Å². The van der Waals surface area contributed by atoms with Crippen LogP contribution in [0.3, 0.4) is 0 Å². The van der Waals surface area contributed by atoms with Gasteiger partial charge in [-0.3, -0.25) is 4.79 Å². The summed E-state index contributed by atoms with van der Waals surface area (Å²) in [6.07, 6.45) is 3.62. The highest BCUT2D eigenvalue weighted by atomic mass is 16.3. The summed E-state index contributed by atoms with van der Waals surface area (Å²) in [7, 11) is 0. The predicted molar refractivity (Wildman–Crippen MR) is 84.3 cm³/mol. The van der Waals surface area contributed by atoms with E-state index in [0.717, 1.165) is 24.1 Å². The van der Waals surface area contributed by atoms with Crippen molar-refractivity contribution in [3.05, 3.63) is 54.0 Å². The number of amides is 1. The fraction of sp³-hybridized carbons (Fsp3) is 0.235. The minimum atomic E-state index is -0.244. The van der Waals surface area contributed by atoms with Gasteiger partial charge in [-0.1, -0.05) is 17.7 Å². The van der Waals surface area contributed by atoms with E-state index in [4.69, 9.17) is 4.42 Å². The zero-order chi connectivity index (χ0) is 15.8. The van der Waals surface area contributed by atoms with Gasteiger partial charge in [-0.05, 0) is 44.0 Å². The maximum Gasteiger partial charge on any atom is 0.291 e. The van der Waals surface area contributed by atoms with Crippen molar-refractivity contribution in [3.63, 3.8) is 0 Å². The number of benzene rings is 1. The second-order valence-electron chi connectivity index (χ2n) is 5.73. The van der Waals surface area contributed by atoms with E-state index in [9.17, 15) is 4.79 Å². The molecular formula is C17H16N4O2. The third-order valence-corrected chi connectivity index (χ3v) is 3.74. The molecule has 0 spiro atoms. The molecule has 0 radical (unpaired) electrons. The van der Waals surface area contributed by atoms with E-state index in [-0.39, 0.29) is 17.8 Å². The van der Waals surface area contributed by atoms with E-state index in [1.54, 1.807) is 23.1 Å². The molecule has 1 N–H and O–H groups in total. The average molecular weight is 308 g/mol. The van der Waals surface area contributed by atoms with Crippen LogP contribution >= 0.6 is 0 Å². The Hall–Kier alpha value is -2.89. The van der Waals surface area contributed by atoms with Crippen molar-refractivity contribution in [2.45, 2.75) is 25.8 Å². The predicted octanol–water partition coefficient (Wildman–Crippen LogP) is 2.73. The minimum Gasteiger partial charge on any atom is -0.461 e. The van der Waals surface area contributed by atoms with Gasteiger partial charge in [-0.15, -0.1) is 5.10 Å². The van der Waals surface area contributed by atoms with Crippen molar-refractivity contribution < 1.29 is 9.21 Å². The van der Waals surface area contributed by atoms with Crippen LogP contribution in [0.2, 0.25) is 0 Å². The molecule has 116 valence electrons. The number of nitrogens with zero attached hydrogens (tertiary/aromatic N) is 3. The summed E-state index contributed by atoms with van der Waals surface area (Å²) in [4.78, 5) is 16.6. The van der Waals surface area contributed by atoms with Crippen LogP contribution in [0.4, 0.5) is 0 Å². The molecule has 1 fully saturated rings. The van der Waals surface area contributed by atoms with Crippen LogP contribution in [0.5, 0.6) is 0 Å². The molecule has 4 rings (SSSR count). The lowest BCUT2D eigenvalue weighted by Gasteiger charge is -2.04. The third-order valence-electron chi connectivity index (χ3n) is 3.74. The van der Waals surface area contributed by atoms with E-state index < -0.39 is 0 Å². The Balaban J connectivity index is 1.77. The molecule has 1 amide bonds. The van der Waals surface area contributed by atoms with Crippen LogP contribution in [0.15, 0.2) is 47.1 Å². The summed E-state index contributed by atoms with van der Waals surface area (Å²) in [5.41, 5.74) is 1.99. The van der Waals surface area contributed by atoms with Crippen LogP contribution in [0, 0.1) is 6.92 Å². The first kappa shape index (κ1) is 13.8. The minimum absolute atomic E-state index is 0.156. The molecule has 1 aliphatic carbocycles. The fourth-order valence-electron chi connectivity index (χ4n) is 2.32. The van der Waals surface area contributed by atoms with Crippen LogP contribution < -0.4 is 5.32 Å². The number of carbonyl (C=O) groups is 1.